The fourth-order valence-corrected chi connectivity index (χ4v) is 2.19. The molecule has 0 saturated heterocycles. The Hall–Kier alpha value is -0.380. The standard InChI is InChI=1S/C12H21NOS/c1-3-12(14,4-2)10-13-7-5-11-6-8-15-9-11/h6,8-9,13-14H,3-5,7,10H2,1-2H3. The fraction of sp³-hybridized carbons (Fsp3) is 0.667. The maximum absolute atomic E-state index is 10.0. The highest BCUT2D eigenvalue weighted by Crippen LogP contribution is 2.12. The summed E-state index contributed by atoms with van der Waals surface area (Å²) in [5, 5.41) is 17.6. The van der Waals surface area contributed by atoms with E-state index in [9.17, 15) is 5.11 Å². The van der Waals surface area contributed by atoms with Crippen LogP contribution in [0.2, 0.25) is 0 Å². The Morgan fingerprint density at radius 1 is 1.40 bits per heavy atom. The summed E-state index contributed by atoms with van der Waals surface area (Å²) < 4.78 is 0. The molecule has 1 rings (SSSR count). The lowest BCUT2D eigenvalue weighted by atomic mass is 9.97. The number of hydrogen-bond donors (Lipinski definition) is 2. The van der Waals surface area contributed by atoms with E-state index in [1.165, 1.54) is 5.56 Å². The first-order valence-corrected chi connectivity index (χ1v) is 6.58. The van der Waals surface area contributed by atoms with Gasteiger partial charge in [0.1, 0.15) is 0 Å². The molecule has 2 N–H and O–H groups in total. The van der Waals surface area contributed by atoms with E-state index in [0.717, 1.165) is 25.8 Å². The average Bonchev–Trinajstić information content (AvgIpc) is 2.77. The molecule has 0 unspecified atom stereocenters. The molecular formula is C12H21NOS. The monoisotopic (exact) mass is 227 g/mol. The number of hydrogen-bond acceptors (Lipinski definition) is 3. The van der Waals surface area contributed by atoms with Crippen molar-refractivity contribution in [3.63, 3.8) is 0 Å². The van der Waals surface area contributed by atoms with Crippen LogP contribution in [0.5, 0.6) is 0 Å². The van der Waals surface area contributed by atoms with Gasteiger partial charge in [0, 0.05) is 6.54 Å². The van der Waals surface area contributed by atoms with Crippen molar-refractivity contribution >= 4 is 11.3 Å². The molecule has 1 aromatic rings. The maximum atomic E-state index is 10.0. The van der Waals surface area contributed by atoms with Gasteiger partial charge in [-0.25, -0.2) is 0 Å². The van der Waals surface area contributed by atoms with E-state index in [2.05, 4.69) is 22.1 Å². The molecule has 0 atom stereocenters. The number of aliphatic hydroxyl groups is 1. The van der Waals surface area contributed by atoms with Gasteiger partial charge in [0.15, 0.2) is 0 Å². The first kappa shape index (κ1) is 12.7. The molecular weight excluding hydrogens is 206 g/mol. The second kappa shape index (κ2) is 6.26. The largest absolute Gasteiger partial charge is 0.389 e. The first-order valence-electron chi connectivity index (χ1n) is 5.64. The Kier molecular flexibility index (Phi) is 5.29. The molecule has 0 aliphatic rings. The summed E-state index contributed by atoms with van der Waals surface area (Å²) in [5.41, 5.74) is 0.860. The Morgan fingerprint density at radius 3 is 2.67 bits per heavy atom. The fourth-order valence-electron chi connectivity index (χ4n) is 1.49. The Balaban J connectivity index is 2.16. The van der Waals surface area contributed by atoms with Gasteiger partial charge < -0.3 is 10.4 Å². The lowest BCUT2D eigenvalue weighted by Crippen LogP contribution is -2.40. The van der Waals surface area contributed by atoms with Crippen molar-refractivity contribution in [1.82, 2.24) is 5.32 Å². The van der Waals surface area contributed by atoms with Gasteiger partial charge in [-0.3, -0.25) is 0 Å². The van der Waals surface area contributed by atoms with Crippen molar-refractivity contribution in [3.8, 4) is 0 Å². The summed E-state index contributed by atoms with van der Waals surface area (Å²) in [7, 11) is 0. The van der Waals surface area contributed by atoms with Gasteiger partial charge in [0.25, 0.3) is 0 Å². The predicted molar refractivity (Wildman–Crippen MR) is 66.4 cm³/mol. The van der Waals surface area contributed by atoms with E-state index < -0.39 is 5.60 Å². The minimum absolute atomic E-state index is 0.519. The van der Waals surface area contributed by atoms with Crippen molar-refractivity contribution < 1.29 is 5.11 Å². The predicted octanol–water partition coefficient (Wildman–Crippen LogP) is 2.43. The SMILES string of the molecule is CCC(O)(CC)CNCCc1ccsc1. The molecule has 0 bridgehead atoms. The van der Waals surface area contributed by atoms with Crippen molar-refractivity contribution in [3.05, 3.63) is 22.4 Å². The zero-order valence-corrected chi connectivity index (χ0v) is 10.4. The second-order valence-electron chi connectivity index (χ2n) is 3.99. The van der Waals surface area contributed by atoms with E-state index in [0.29, 0.717) is 6.54 Å². The quantitative estimate of drug-likeness (QED) is 0.701. The van der Waals surface area contributed by atoms with Crippen LogP contribution in [0, 0.1) is 0 Å². The van der Waals surface area contributed by atoms with E-state index in [4.69, 9.17) is 0 Å². The van der Waals surface area contributed by atoms with Crippen LogP contribution in [0.1, 0.15) is 32.3 Å². The lowest BCUT2D eigenvalue weighted by molar-refractivity contribution is 0.0328. The maximum Gasteiger partial charge on any atom is 0.0766 e. The topological polar surface area (TPSA) is 32.3 Å². The van der Waals surface area contributed by atoms with Crippen LogP contribution >= 0.6 is 11.3 Å². The first-order chi connectivity index (χ1) is 7.20. The highest BCUT2D eigenvalue weighted by atomic mass is 32.1. The van der Waals surface area contributed by atoms with Gasteiger partial charge in [0.05, 0.1) is 5.60 Å². The third-order valence-corrected chi connectivity index (χ3v) is 3.67. The Bertz CT molecular complexity index is 255. The van der Waals surface area contributed by atoms with Gasteiger partial charge in [-0.05, 0) is 48.2 Å². The highest BCUT2D eigenvalue weighted by molar-refractivity contribution is 7.07. The second-order valence-corrected chi connectivity index (χ2v) is 4.77. The van der Waals surface area contributed by atoms with Crippen molar-refractivity contribution in [1.29, 1.82) is 0 Å². The molecule has 86 valence electrons. The van der Waals surface area contributed by atoms with Crippen LogP contribution in [0.25, 0.3) is 0 Å². The molecule has 0 fully saturated rings. The minimum atomic E-state index is -0.519. The zero-order valence-electron chi connectivity index (χ0n) is 9.62. The van der Waals surface area contributed by atoms with E-state index in [1.807, 2.05) is 13.8 Å². The smallest absolute Gasteiger partial charge is 0.0766 e. The molecule has 0 radical (unpaired) electrons. The summed E-state index contributed by atoms with van der Waals surface area (Å²) in [4.78, 5) is 0. The summed E-state index contributed by atoms with van der Waals surface area (Å²) in [6.45, 7) is 5.71. The molecule has 0 aliphatic heterocycles. The van der Waals surface area contributed by atoms with Crippen LogP contribution in [0.15, 0.2) is 16.8 Å². The van der Waals surface area contributed by atoms with E-state index >= 15 is 0 Å². The van der Waals surface area contributed by atoms with Crippen LogP contribution in [0.3, 0.4) is 0 Å². The minimum Gasteiger partial charge on any atom is -0.389 e. The van der Waals surface area contributed by atoms with Crippen LogP contribution < -0.4 is 5.32 Å². The van der Waals surface area contributed by atoms with Gasteiger partial charge in [-0.15, -0.1) is 0 Å². The third-order valence-electron chi connectivity index (χ3n) is 2.94. The molecule has 1 aromatic heterocycles. The van der Waals surface area contributed by atoms with Crippen LogP contribution in [-0.2, 0) is 6.42 Å². The highest BCUT2D eigenvalue weighted by Gasteiger charge is 2.20. The molecule has 1 heterocycles. The van der Waals surface area contributed by atoms with Crippen molar-refractivity contribution in [2.45, 2.75) is 38.7 Å². The summed E-state index contributed by atoms with van der Waals surface area (Å²) in [6.07, 6.45) is 2.68. The van der Waals surface area contributed by atoms with Crippen LogP contribution in [0.4, 0.5) is 0 Å². The number of rotatable bonds is 7. The van der Waals surface area contributed by atoms with Gasteiger partial charge in [-0.2, -0.15) is 11.3 Å². The third kappa shape index (κ3) is 4.33. The molecule has 3 heteroatoms. The van der Waals surface area contributed by atoms with Crippen molar-refractivity contribution in [2.24, 2.45) is 0 Å². The van der Waals surface area contributed by atoms with Crippen LogP contribution in [-0.4, -0.2) is 23.8 Å². The summed E-state index contributed by atoms with van der Waals surface area (Å²) >= 11 is 1.74. The normalized spacial score (nSPS) is 11.9. The zero-order chi connectivity index (χ0) is 11.1. The van der Waals surface area contributed by atoms with Gasteiger partial charge in [0.2, 0.25) is 0 Å². The van der Waals surface area contributed by atoms with Gasteiger partial charge >= 0.3 is 0 Å². The molecule has 0 amide bonds. The summed E-state index contributed by atoms with van der Waals surface area (Å²) in [6, 6.07) is 2.15. The molecule has 0 spiro atoms. The number of thiophene rings is 1. The van der Waals surface area contributed by atoms with E-state index in [1.54, 1.807) is 11.3 Å². The van der Waals surface area contributed by atoms with Crippen molar-refractivity contribution in [2.75, 3.05) is 13.1 Å². The number of nitrogens with one attached hydrogen (secondary N) is 1. The molecule has 0 aliphatic carbocycles. The molecule has 0 aromatic carbocycles. The molecule has 2 nitrogen and oxygen atoms in total. The van der Waals surface area contributed by atoms with Gasteiger partial charge in [-0.1, -0.05) is 13.8 Å². The molecule has 0 saturated carbocycles. The molecule has 15 heavy (non-hydrogen) atoms. The van der Waals surface area contributed by atoms with E-state index in [-0.39, 0.29) is 0 Å². The Morgan fingerprint density at radius 2 is 2.13 bits per heavy atom. The lowest BCUT2D eigenvalue weighted by Gasteiger charge is -2.25. The summed E-state index contributed by atoms with van der Waals surface area (Å²) in [5.74, 6) is 0. The Labute approximate surface area is 96.3 Å². The average molecular weight is 227 g/mol.